The van der Waals surface area contributed by atoms with Crippen LogP contribution < -0.4 is 10.1 Å². The quantitative estimate of drug-likeness (QED) is 0.904. The van der Waals surface area contributed by atoms with Gasteiger partial charge in [0, 0.05) is 6.54 Å². The van der Waals surface area contributed by atoms with Gasteiger partial charge < -0.3 is 10.1 Å². The fourth-order valence-electron chi connectivity index (χ4n) is 1.59. The van der Waals surface area contributed by atoms with Gasteiger partial charge in [-0.2, -0.15) is 8.75 Å². The molecule has 1 aromatic carbocycles. The Morgan fingerprint density at radius 2 is 2.22 bits per heavy atom. The molecule has 2 rings (SSSR count). The monoisotopic (exact) mass is 267 g/mol. The maximum atomic E-state index is 13.3. The number of hydrogen-bond acceptors (Lipinski definition) is 5. The molecule has 18 heavy (non-hydrogen) atoms. The van der Waals surface area contributed by atoms with E-state index >= 15 is 0 Å². The van der Waals surface area contributed by atoms with Crippen molar-refractivity contribution in [1.82, 2.24) is 8.75 Å². The molecule has 0 amide bonds. The van der Waals surface area contributed by atoms with E-state index in [0.717, 1.165) is 24.7 Å². The highest BCUT2D eigenvalue weighted by molar-refractivity contribution is 6.99. The second-order valence-corrected chi connectivity index (χ2v) is 4.26. The molecule has 4 nitrogen and oxygen atoms in total. The number of aromatic nitrogens is 2. The van der Waals surface area contributed by atoms with Gasteiger partial charge >= 0.3 is 0 Å². The first kappa shape index (κ1) is 12.8. The Hall–Kier alpha value is -1.69. The van der Waals surface area contributed by atoms with Gasteiger partial charge in [-0.25, -0.2) is 4.39 Å². The van der Waals surface area contributed by atoms with Gasteiger partial charge in [0.05, 0.1) is 24.4 Å². The summed E-state index contributed by atoms with van der Waals surface area (Å²) in [6, 6.07) is 4.36. The summed E-state index contributed by atoms with van der Waals surface area (Å²) >= 11 is 1.10. The molecule has 0 unspecified atom stereocenters. The van der Waals surface area contributed by atoms with Crippen molar-refractivity contribution >= 4 is 17.5 Å². The minimum Gasteiger partial charge on any atom is -0.496 e. The molecule has 0 spiro atoms. The number of nitrogens with one attached hydrogen (secondary N) is 1. The first-order valence-electron chi connectivity index (χ1n) is 5.66. The number of nitrogens with zero attached hydrogens (tertiary/aromatic N) is 2. The van der Waals surface area contributed by atoms with Gasteiger partial charge in [0.2, 0.25) is 0 Å². The fourth-order valence-corrected chi connectivity index (χ4v) is 2.13. The maximum Gasteiger partial charge on any atom is 0.168 e. The lowest BCUT2D eigenvalue weighted by Crippen LogP contribution is -2.01. The number of benzene rings is 1. The standard InChI is InChI=1S/C12H14FN3OS/c1-3-6-14-12-11(15-18-16-12)9-7-8(13)4-5-10(9)17-2/h4-5,7H,3,6H2,1-2H3,(H,14,16). The molecule has 96 valence electrons. The van der Waals surface area contributed by atoms with E-state index in [-0.39, 0.29) is 5.82 Å². The Morgan fingerprint density at radius 3 is 2.94 bits per heavy atom. The molecule has 1 heterocycles. The van der Waals surface area contributed by atoms with E-state index < -0.39 is 0 Å². The maximum absolute atomic E-state index is 13.3. The third kappa shape index (κ3) is 2.59. The zero-order valence-corrected chi connectivity index (χ0v) is 11.1. The van der Waals surface area contributed by atoms with Crippen LogP contribution in [0.3, 0.4) is 0 Å². The van der Waals surface area contributed by atoms with Gasteiger partial charge in [0.1, 0.15) is 17.3 Å². The lowest BCUT2D eigenvalue weighted by Gasteiger charge is -2.08. The van der Waals surface area contributed by atoms with Gasteiger partial charge in [-0.05, 0) is 24.6 Å². The van der Waals surface area contributed by atoms with Gasteiger partial charge in [0.15, 0.2) is 5.82 Å². The summed E-state index contributed by atoms with van der Waals surface area (Å²) in [6.07, 6.45) is 0.983. The van der Waals surface area contributed by atoms with Crippen molar-refractivity contribution in [2.45, 2.75) is 13.3 Å². The third-order valence-corrected chi connectivity index (χ3v) is 2.98. The van der Waals surface area contributed by atoms with Crippen LogP contribution in [-0.4, -0.2) is 22.4 Å². The molecule has 0 fully saturated rings. The molecular formula is C12H14FN3OS. The van der Waals surface area contributed by atoms with E-state index in [1.54, 1.807) is 13.2 Å². The SMILES string of the molecule is CCCNc1nsnc1-c1cc(F)ccc1OC. The number of ether oxygens (including phenoxy) is 1. The van der Waals surface area contributed by atoms with Crippen LogP contribution in [0.2, 0.25) is 0 Å². The minimum absolute atomic E-state index is 0.319. The van der Waals surface area contributed by atoms with Gasteiger partial charge in [-0.3, -0.25) is 0 Å². The zero-order valence-electron chi connectivity index (χ0n) is 10.2. The molecular weight excluding hydrogens is 253 g/mol. The molecule has 0 saturated carbocycles. The number of hydrogen-bond donors (Lipinski definition) is 1. The smallest absolute Gasteiger partial charge is 0.168 e. The van der Waals surface area contributed by atoms with E-state index in [1.165, 1.54) is 12.1 Å². The Labute approximate surface area is 109 Å². The number of methoxy groups -OCH3 is 1. The van der Waals surface area contributed by atoms with Crippen LogP contribution in [0.5, 0.6) is 5.75 Å². The fraction of sp³-hybridized carbons (Fsp3) is 0.333. The van der Waals surface area contributed by atoms with E-state index in [9.17, 15) is 4.39 Å². The van der Waals surface area contributed by atoms with Gasteiger partial charge in [-0.1, -0.05) is 6.92 Å². The summed E-state index contributed by atoms with van der Waals surface area (Å²) in [4.78, 5) is 0. The van der Waals surface area contributed by atoms with Crippen molar-refractivity contribution in [3.8, 4) is 17.0 Å². The molecule has 0 aliphatic carbocycles. The average molecular weight is 267 g/mol. The second-order valence-electron chi connectivity index (χ2n) is 3.73. The Morgan fingerprint density at radius 1 is 1.39 bits per heavy atom. The van der Waals surface area contributed by atoms with Gasteiger partial charge in [0.25, 0.3) is 0 Å². The van der Waals surface area contributed by atoms with E-state index in [2.05, 4.69) is 21.0 Å². The first-order valence-corrected chi connectivity index (χ1v) is 6.39. The van der Waals surface area contributed by atoms with Crippen molar-refractivity contribution in [2.24, 2.45) is 0 Å². The van der Waals surface area contributed by atoms with Crippen LogP contribution in [0.4, 0.5) is 10.2 Å². The van der Waals surface area contributed by atoms with E-state index in [1.807, 2.05) is 0 Å². The highest BCUT2D eigenvalue weighted by Crippen LogP contribution is 2.34. The molecule has 1 N–H and O–H groups in total. The molecule has 0 aliphatic heterocycles. The highest BCUT2D eigenvalue weighted by atomic mass is 32.1. The number of halogens is 1. The van der Waals surface area contributed by atoms with Crippen molar-refractivity contribution in [3.63, 3.8) is 0 Å². The highest BCUT2D eigenvalue weighted by Gasteiger charge is 2.15. The van der Waals surface area contributed by atoms with Crippen LogP contribution in [-0.2, 0) is 0 Å². The summed E-state index contributed by atoms with van der Waals surface area (Å²) < 4.78 is 27.0. The second kappa shape index (κ2) is 5.77. The Kier molecular flexibility index (Phi) is 4.09. The zero-order chi connectivity index (χ0) is 13.0. The first-order chi connectivity index (χ1) is 8.76. The van der Waals surface area contributed by atoms with E-state index in [4.69, 9.17) is 4.74 Å². The minimum atomic E-state index is -0.319. The lowest BCUT2D eigenvalue weighted by atomic mass is 10.1. The summed E-state index contributed by atoms with van der Waals surface area (Å²) in [5.41, 5.74) is 1.25. The number of anilines is 1. The summed E-state index contributed by atoms with van der Waals surface area (Å²) in [6.45, 7) is 2.87. The Balaban J connectivity index is 2.41. The van der Waals surface area contributed by atoms with Crippen molar-refractivity contribution in [1.29, 1.82) is 0 Å². The average Bonchev–Trinajstić information content (AvgIpc) is 2.84. The molecule has 0 saturated heterocycles. The normalized spacial score (nSPS) is 10.4. The van der Waals surface area contributed by atoms with Crippen LogP contribution >= 0.6 is 11.7 Å². The summed E-state index contributed by atoms with van der Waals surface area (Å²) in [5.74, 6) is 0.939. The van der Waals surface area contributed by atoms with Crippen LogP contribution in [0.1, 0.15) is 13.3 Å². The lowest BCUT2D eigenvalue weighted by molar-refractivity contribution is 0.415. The van der Waals surface area contributed by atoms with E-state index in [0.29, 0.717) is 22.8 Å². The molecule has 6 heteroatoms. The largest absolute Gasteiger partial charge is 0.496 e. The molecule has 2 aromatic rings. The van der Waals surface area contributed by atoms with Crippen LogP contribution in [0.15, 0.2) is 18.2 Å². The Bertz CT molecular complexity index is 530. The molecule has 0 radical (unpaired) electrons. The van der Waals surface area contributed by atoms with Crippen molar-refractivity contribution < 1.29 is 9.13 Å². The topological polar surface area (TPSA) is 47.0 Å². The molecule has 1 aromatic heterocycles. The van der Waals surface area contributed by atoms with Crippen LogP contribution in [0.25, 0.3) is 11.3 Å². The molecule has 0 aliphatic rings. The predicted molar refractivity (Wildman–Crippen MR) is 70.6 cm³/mol. The van der Waals surface area contributed by atoms with Crippen molar-refractivity contribution in [3.05, 3.63) is 24.0 Å². The summed E-state index contributed by atoms with van der Waals surface area (Å²) in [5, 5.41) is 3.17. The van der Waals surface area contributed by atoms with Gasteiger partial charge in [-0.15, -0.1) is 0 Å². The summed E-state index contributed by atoms with van der Waals surface area (Å²) in [7, 11) is 1.55. The number of rotatable bonds is 5. The molecule has 0 atom stereocenters. The molecule has 0 bridgehead atoms. The van der Waals surface area contributed by atoms with Crippen LogP contribution in [0, 0.1) is 5.82 Å². The predicted octanol–water partition coefficient (Wildman–Crippen LogP) is 3.17. The van der Waals surface area contributed by atoms with Crippen molar-refractivity contribution in [2.75, 3.05) is 19.0 Å². The third-order valence-electron chi connectivity index (χ3n) is 2.45.